The number of methoxy groups -OCH3 is 2. The lowest BCUT2D eigenvalue weighted by Gasteiger charge is -2.34. The third-order valence-corrected chi connectivity index (χ3v) is 4.48. The minimum atomic E-state index is -0.352. The lowest BCUT2D eigenvalue weighted by molar-refractivity contribution is 0.0596. The topological polar surface area (TPSA) is 59.1 Å². The quantitative estimate of drug-likeness (QED) is 0.825. The molecular weight excluding hydrogens is 320 g/mol. The summed E-state index contributed by atoms with van der Waals surface area (Å²) in [4.78, 5) is 28.0. The van der Waals surface area contributed by atoms with Crippen molar-refractivity contribution >= 4 is 12.0 Å². The van der Waals surface area contributed by atoms with E-state index in [1.54, 1.807) is 16.9 Å². The van der Waals surface area contributed by atoms with E-state index >= 15 is 0 Å². The lowest BCUT2D eigenvalue weighted by atomic mass is 9.84. The van der Waals surface area contributed by atoms with Gasteiger partial charge in [0.2, 0.25) is 0 Å². The van der Waals surface area contributed by atoms with Gasteiger partial charge in [-0.05, 0) is 24.0 Å². The summed E-state index contributed by atoms with van der Waals surface area (Å²) in [5.41, 5.74) is 2.50. The highest BCUT2D eigenvalue weighted by molar-refractivity contribution is 5.98. The first kappa shape index (κ1) is 19.1. The number of benzene rings is 1. The number of carbonyl (C=O) groups excluding carboxylic acids is 2. The second kappa shape index (κ2) is 7.33. The number of piperazine rings is 1. The summed E-state index contributed by atoms with van der Waals surface area (Å²) in [6.45, 7) is 10.2. The molecule has 0 aromatic heterocycles. The Bertz CT molecular complexity index is 656. The first-order valence-electron chi connectivity index (χ1n) is 8.50. The van der Waals surface area contributed by atoms with Crippen molar-refractivity contribution in [2.45, 2.75) is 33.1 Å². The highest BCUT2D eigenvalue weighted by Gasteiger charge is 2.29. The molecule has 1 saturated heterocycles. The number of hydrogen-bond acceptors (Lipinski definition) is 4. The Balaban J connectivity index is 2.28. The largest absolute Gasteiger partial charge is 0.496 e. The van der Waals surface area contributed by atoms with Gasteiger partial charge in [-0.15, -0.1) is 0 Å². The van der Waals surface area contributed by atoms with Gasteiger partial charge in [0, 0.05) is 31.7 Å². The van der Waals surface area contributed by atoms with E-state index in [0.717, 1.165) is 11.1 Å². The Morgan fingerprint density at radius 1 is 1.00 bits per heavy atom. The van der Waals surface area contributed by atoms with Gasteiger partial charge in [0.05, 0.1) is 19.8 Å². The summed E-state index contributed by atoms with van der Waals surface area (Å²) in [6.07, 6.45) is -0.352. The third kappa shape index (κ3) is 4.06. The van der Waals surface area contributed by atoms with E-state index in [1.807, 2.05) is 13.0 Å². The average molecular weight is 348 g/mol. The smallest absolute Gasteiger partial charge is 0.409 e. The van der Waals surface area contributed by atoms with Crippen molar-refractivity contribution in [1.29, 1.82) is 0 Å². The van der Waals surface area contributed by atoms with Crippen molar-refractivity contribution in [3.05, 3.63) is 28.8 Å². The maximum atomic E-state index is 13.1. The number of nitrogens with zero attached hydrogens (tertiary/aromatic N) is 2. The molecule has 0 unspecified atom stereocenters. The zero-order valence-corrected chi connectivity index (χ0v) is 16.0. The van der Waals surface area contributed by atoms with Gasteiger partial charge in [-0.1, -0.05) is 26.8 Å². The fourth-order valence-electron chi connectivity index (χ4n) is 3.10. The highest BCUT2D eigenvalue weighted by Crippen LogP contribution is 2.35. The van der Waals surface area contributed by atoms with Gasteiger partial charge in [0.15, 0.2) is 0 Å². The van der Waals surface area contributed by atoms with Crippen LogP contribution >= 0.6 is 0 Å². The first-order valence-corrected chi connectivity index (χ1v) is 8.50. The molecule has 1 aromatic rings. The SMILES string of the molecule is COC(=O)N1CCN(C(=O)c2cc(C)cc(C(C)(C)C)c2OC)CC1. The van der Waals surface area contributed by atoms with Crippen LogP contribution in [-0.2, 0) is 10.2 Å². The number of amides is 2. The van der Waals surface area contributed by atoms with Gasteiger partial charge in [-0.25, -0.2) is 4.79 Å². The zero-order valence-electron chi connectivity index (χ0n) is 16.0. The molecule has 1 fully saturated rings. The van der Waals surface area contributed by atoms with E-state index in [-0.39, 0.29) is 17.4 Å². The average Bonchev–Trinajstić information content (AvgIpc) is 2.59. The highest BCUT2D eigenvalue weighted by atomic mass is 16.5. The van der Waals surface area contributed by atoms with Crippen molar-refractivity contribution < 1.29 is 19.1 Å². The summed E-state index contributed by atoms with van der Waals surface area (Å²) in [6, 6.07) is 3.95. The monoisotopic (exact) mass is 348 g/mol. The maximum absolute atomic E-state index is 13.1. The molecule has 2 rings (SSSR count). The summed E-state index contributed by atoms with van der Waals surface area (Å²) >= 11 is 0. The molecule has 0 bridgehead atoms. The Hall–Kier alpha value is -2.24. The summed E-state index contributed by atoms with van der Waals surface area (Å²) in [5, 5.41) is 0. The van der Waals surface area contributed by atoms with Crippen LogP contribution in [0.5, 0.6) is 5.75 Å². The van der Waals surface area contributed by atoms with Crippen LogP contribution < -0.4 is 4.74 Å². The van der Waals surface area contributed by atoms with E-state index in [4.69, 9.17) is 9.47 Å². The van der Waals surface area contributed by atoms with Crippen LogP contribution in [0.2, 0.25) is 0 Å². The molecule has 0 aliphatic carbocycles. The molecule has 0 radical (unpaired) electrons. The molecule has 0 N–H and O–H groups in total. The number of aryl methyl sites for hydroxylation is 1. The Morgan fingerprint density at radius 2 is 1.56 bits per heavy atom. The van der Waals surface area contributed by atoms with Crippen molar-refractivity contribution in [2.75, 3.05) is 40.4 Å². The van der Waals surface area contributed by atoms with Crippen LogP contribution in [0.25, 0.3) is 0 Å². The lowest BCUT2D eigenvalue weighted by Crippen LogP contribution is -2.50. The Morgan fingerprint density at radius 3 is 2.04 bits per heavy atom. The summed E-state index contributed by atoms with van der Waals surface area (Å²) in [7, 11) is 2.97. The summed E-state index contributed by atoms with van der Waals surface area (Å²) < 4.78 is 10.4. The number of carbonyl (C=O) groups is 2. The van der Waals surface area contributed by atoms with Crippen LogP contribution in [0.1, 0.15) is 42.3 Å². The molecule has 1 aliphatic rings. The standard InChI is InChI=1S/C19H28N2O4/c1-13-11-14(16(24-5)15(12-13)19(2,3)4)17(22)20-7-9-21(10-8-20)18(23)25-6/h11-12H,7-10H2,1-6H3. The molecule has 138 valence electrons. The van der Waals surface area contributed by atoms with Crippen LogP contribution in [0.3, 0.4) is 0 Å². The normalized spacial score (nSPS) is 15.1. The van der Waals surface area contributed by atoms with E-state index in [9.17, 15) is 9.59 Å². The number of hydrogen-bond donors (Lipinski definition) is 0. The first-order chi connectivity index (χ1) is 11.7. The fourth-order valence-corrected chi connectivity index (χ4v) is 3.10. The molecule has 2 amide bonds. The van der Waals surface area contributed by atoms with Crippen molar-refractivity contribution in [2.24, 2.45) is 0 Å². The summed E-state index contributed by atoms with van der Waals surface area (Å²) in [5.74, 6) is 0.578. The molecule has 6 nitrogen and oxygen atoms in total. The minimum Gasteiger partial charge on any atom is -0.496 e. The molecule has 0 spiro atoms. The fraction of sp³-hybridized carbons (Fsp3) is 0.579. The molecule has 0 atom stereocenters. The van der Waals surface area contributed by atoms with Crippen molar-refractivity contribution in [3.8, 4) is 5.75 Å². The predicted octanol–water partition coefficient (Wildman–Crippen LogP) is 2.83. The molecular formula is C19H28N2O4. The molecule has 1 aromatic carbocycles. The van der Waals surface area contributed by atoms with Crippen LogP contribution in [0.4, 0.5) is 4.79 Å². The second-order valence-electron chi connectivity index (χ2n) is 7.39. The maximum Gasteiger partial charge on any atom is 0.409 e. The van der Waals surface area contributed by atoms with E-state index in [0.29, 0.717) is 37.5 Å². The Kier molecular flexibility index (Phi) is 5.60. The molecule has 1 heterocycles. The minimum absolute atomic E-state index is 0.0597. The molecule has 6 heteroatoms. The van der Waals surface area contributed by atoms with Crippen molar-refractivity contribution in [1.82, 2.24) is 9.80 Å². The van der Waals surface area contributed by atoms with E-state index < -0.39 is 0 Å². The van der Waals surface area contributed by atoms with Gasteiger partial charge < -0.3 is 19.3 Å². The van der Waals surface area contributed by atoms with Gasteiger partial charge in [0.25, 0.3) is 5.91 Å². The van der Waals surface area contributed by atoms with Gasteiger partial charge in [-0.2, -0.15) is 0 Å². The van der Waals surface area contributed by atoms with E-state index in [1.165, 1.54) is 7.11 Å². The van der Waals surface area contributed by atoms with Gasteiger partial charge >= 0.3 is 6.09 Å². The third-order valence-electron chi connectivity index (χ3n) is 4.48. The molecule has 0 saturated carbocycles. The predicted molar refractivity (Wildman–Crippen MR) is 96.3 cm³/mol. The van der Waals surface area contributed by atoms with Gasteiger partial charge in [0.1, 0.15) is 5.75 Å². The number of rotatable bonds is 2. The van der Waals surface area contributed by atoms with Gasteiger partial charge in [-0.3, -0.25) is 4.79 Å². The second-order valence-corrected chi connectivity index (χ2v) is 7.39. The van der Waals surface area contributed by atoms with E-state index in [2.05, 4.69) is 26.8 Å². The molecule has 25 heavy (non-hydrogen) atoms. The zero-order chi connectivity index (χ0) is 18.8. The van der Waals surface area contributed by atoms with Crippen molar-refractivity contribution in [3.63, 3.8) is 0 Å². The van der Waals surface area contributed by atoms with Crippen LogP contribution in [0, 0.1) is 6.92 Å². The van der Waals surface area contributed by atoms with Crippen LogP contribution in [-0.4, -0.2) is 62.2 Å². The van der Waals surface area contributed by atoms with Crippen LogP contribution in [0.15, 0.2) is 12.1 Å². The molecule has 1 aliphatic heterocycles. The Labute approximate surface area is 149 Å². The number of ether oxygens (including phenoxy) is 2.